The number of carboxylic acid groups (broad SMARTS) is 4. The Labute approximate surface area is 325 Å². The molecule has 4 aromatic rings. The third-order valence-corrected chi connectivity index (χ3v) is 6.48. The molecule has 4 radical (unpaired) electrons. The number of carbonyl (C=O) groups is 4. The summed E-state index contributed by atoms with van der Waals surface area (Å²) in [6.45, 7) is 0. The second-order valence-electron chi connectivity index (χ2n) is 9.43. The van der Waals surface area contributed by atoms with Crippen LogP contribution in [0.3, 0.4) is 0 Å². The SMILES string of the molecule is COc1ccc(C(=O)[O-])cc1OC.COc1ccc(C(=O)[O-])cc1OC.COc1ccc(C(=O)[O-])cc1OC.COc1ccc(C(=O)[O-])cc1OC.[Pb]. The predicted molar refractivity (Wildman–Crippen MR) is 181 cm³/mol. The molecule has 0 spiro atoms. The van der Waals surface area contributed by atoms with Gasteiger partial charge in [-0.05, 0) is 72.8 Å². The third-order valence-electron chi connectivity index (χ3n) is 6.48. The van der Waals surface area contributed by atoms with E-state index >= 15 is 0 Å². The Morgan fingerprint density at radius 3 is 0.585 bits per heavy atom. The molecule has 16 nitrogen and oxygen atoms in total. The predicted octanol–water partition coefficient (Wildman–Crippen LogP) is -0.112. The van der Waals surface area contributed by atoms with Gasteiger partial charge < -0.3 is 77.5 Å². The molecule has 0 saturated carbocycles. The van der Waals surface area contributed by atoms with Crippen LogP contribution in [0.4, 0.5) is 0 Å². The number of aromatic carboxylic acids is 4. The van der Waals surface area contributed by atoms with Gasteiger partial charge in [-0.25, -0.2) is 0 Å². The van der Waals surface area contributed by atoms with Gasteiger partial charge in [0.15, 0.2) is 46.0 Å². The van der Waals surface area contributed by atoms with Crippen LogP contribution in [-0.4, -0.2) is 108 Å². The molecule has 0 heterocycles. The quantitative estimate of drug-likeness (QED) is 0.169. The minimum Gasteiger partial charge on any atom is -0.545 e. The zero-order chi connectivity index (χ0) is 39.4. The van der Waals surface area contributed by atoms with E-state index in [1.54, 1.807) is 0 Å². The van der Waals surface area contributed by atoms with E-state index in [0.29, 0.717) is 46.0 Å². The fraction of sp³-hybridized carbons (Fsp3) is 0.222. The summed E-state index contributed by atoms with van der Waals surface area (Å²) in [4.78, 5) is 41.8. The minimum absolute atomic E-state index is 0. The number of hydrogen-bond donors (Lipinski definition) is 0. The van der Waals surface area contributed by atoms with Crippen molar-refractivity contribution in [2.75, 3.05) is 56.9 Å². The molecule has 0 fully saturated rings. The van der Waals surface area contributed by atoms with Crippen LogP contribution in [0.2, 0.25) is 0 Å². The zero-order valence-corrected chi connectivity index (χ0v) is 33.8. The van der Waals surface area contributed by atoms with Crippen LogP contribution in [0.25, 0.3) is 0 Å². The number of carbonyl (C=O) groups excluding carboxylic acids is 4. The molecule has 0 aliphatic heterocycles. The maximum absolute atomic E-state index is 10.5. The maximum atomic E-state index is 10.5. The summed E-state index contributed by atoms with van der Waals surface area (Å²) >= 11 is 0. The van der Waals surface area contributed by atoms with E-state index in [2.05, 4.69) is 0 Å². The Balaban J connectivity index is 0.000000676. The van der Waals surface area contributed by atoms with E-state index in [1.807, 2.05) is 0 Å². The normalized spacial score (nSPS) is 9.21. The number of rotatable bonds is 12. The van der Waals surface area contributed by atoms with Gasteiger partial charge >= 0.3 is 0 Å². The molecule has 17 heteroatoms. The van der Waals surface area contributed by atoms with Crippen molar-refractivity contribution in [1.82, 2.24) is 0 Å². The summed E-state index contributed by atoms with van der Waals surface area (Å²) in [5.41, 5.74) is 0.269. The molecule has 284 valence electrons. The molecule has 0 aliphatic rings. The van der Waals surface area contributed by atoms with E-state index in [4.69, 9.17) is 37.9 Å². The molecule has 0 atom stereocenters. The van der Waals surface area contributed by atoms with E-state index in [-0.39, 0.29) is 49.6 Å². The first-order valence-corrected chi connectivity index (χ1v) is 14.5. The number of hydrogen-bond acceptors (Lipinski definition) is 16. The largest absolute Gasteiger partial charge is 0.545 e. The molecule has 0 saturated heterocycles. The second kappa shape index (κ2) is 24.3. The summed E-state index contributed by atoms with van der Waals surface area (Å²) in [6.07, 6.45) is 0. The molecular formula is C36H36O16Pb-4. The number of carboxylic acids is 4. The van der Waals surface area contributed by atoms with Gasteiger partial charge in [0.25, 0.3) is 0 Å². The summed E-state index contributed by atoms with van der Waals surface area (Å²) in [6, 6.07) is 17.1. The van der Waals surface area contributed by atoms with Gasteiger partial charge in [0.05, 0.1) is 80.8 Å². The first-order valence-electron chi connectivity index (χ1n) is 14.5. The van der Waals surface area contributed by atoms with E-state index in [0.717, 1.165) is 0 Å². The van der Waals surface area contributed by atoms with Gasteiger partial charge in [-0.15, -0.1) is 0 Å². The molecule has 0 aromatic heterocycles. The zero-order valence-electron chi connectivity index (χ0n) is 30.0. The fourth-order valence-corrected chi connectivity index (χ4v) is 3.85. The van der Waals surface area contributed by atoms with Gasteiger partial charge in [0, 0.05) is 49.6 Å². The molecule has 0 N–H and O–H groups in total. The van der Waals surface area contributed by atoms with Gasteiger partial charge in [0.1, 0.15) is 0 Å². The molecule has 0 bridgehead atoms. The standard InChI is InChI=1S/4C9H10O4.Pb/c4*1-12-7-4-3-6(9(10)11)5-8(7)13-2;/h4*3-5H,1-2H3,(H,10,11);/p-4. The smallest absolute Gasteiger partial charge is 0.161 e. The van der Waals surface area contributed by atoms with Crippen LogP contribution in [-0.2, 0) is 0 Å². The van der Waals surface area contributed by atoms with Crippen LogP contribution in [0.1, 0.15) is 41.4 Å². The van der Waals surface area contributed by atoms with Crippen LogP contribution < -0.4 is 58.3 Å². The molecule has 4 aromatic carbocycles. The van der Waals surface area contributed by atoms with Crippen molar-refractivity contribution in [1.29, 1.82) is 0 Å². The molecule has 0 aliphatic carbocycles. The monoisotopic (exact) mass is 932 g/mol. The van der Waals surface area contributed by atoms with Crippen LogP contribution in [0, 0.1) is 0 Å². The Morgan fingerprint density at radius 2 is 0.472 bits per heavy atom. The number of methoxy groups -OCH3 is 8. The average Bonchev–Trinajstić information content (AvgIpc) is 3.17. The Kier molecular flexibility index (Phi) is 21.6. The number of ether oxygens (including phenoxy) is 8. The number of benzene rings is 4. The van der Waals surface area contributed by atoms with Gasteiger partial charge in [-0.3, -0.25) is 0 Å². The summed E-state index contributed by atoms with van der Waals surface area (Å²) in [5, 5.41) is 41.8. The Hall–Kier alpha value is -5.92. The Morgan fingerprint density at radius 1 is 0.321 bits per heavy atom. The van der Waals surface area contributed by atoms with E-state index in [1.165, 1.54) is 130 Å². The van der Waals surface area contributed by atoms with Crippen molar-refractivity contribution >= 4 is 51.2 Å². The molecule has 4 rings (SSSR count). The van der Waals surface area contributed by atoms with Crippen molar-refractivity contribution in [3.8, 4) is 46.0 Å². The summed E-state index contributed by atoms with van der Waals surface area (Å²) < 4.78 is 39.4. The van der Waals surface area contributed by atoms with Crippen LogP contribution in [0.5, 0.6) is 46.0 Å². The van der Waals surface area contributed by atoms with Crippen molar-refractivity contribution in [2.45, 2.75) is 0 Å². The van der Waals surface area contributed by atoms with Crippen molar-refractivity contribution < 1.29 is 77.5 Å². The molecule has 53 heavy (non-hydrogen) atoms. The maximum Gasteiger partial charge on any atom is 0.161 e. The van der Waals surface area contributed by atoms with Crippen molar-refractivity contribution in [3.63, 3.8) is 0 Å². The van der Waals surface area contributed by atoms with E-state index in [9.17, 15) is 39.6 Å². The topological polar surface area (TPSA) is 234 Å². The van der Waals surface area contributed by atoms with Crippen LogP contribution in [0.15, 0.2) is 72.8 Å². The Bertz CT molecular complexity index is 1550. The van der Waals surface area contributed by atoms with Crippen molar-refractivity contribution in [2.24, 2.45) is 0 Å². The molecule has 0 amide bonds. The first-order chi connectivity index (χ1) is 24.7. The van der Waals surface area contributed by atoms with Crippen molar-refractivity contribution in [3.05, 3.63) is 95.1 Å². The fourth-order valence-electron chi connectivity index (χ4n) is 3.85. The van der Waals surface area contributed by atoms with Gasteiger partial charge in [0.2, 0.25) is 0 Å². The average molecular weight is 932 g/mol. The first kappa shape index (κ1) is 47.1. The summed E-state index contributed by atoms with van der Waals surface area (Å²) in [5.74, 6) is -1.45. The molecular weight excluding hydrogens is 896 g/mol. The van der Waals surface area contributed by atoms with E-state index < -0.39 is 23.9 Å². The van der Waals surface area contributed by atoms with Gasteiger partial charge in [-0.1, -0.05) is 0 Å². The van der Waals surface area contributed by atoms with Crippen LogP contribution >= 0.6 is 0 Å². The summed E-state index contributed by atoms with van der Waals surface area (Å²) in [7, 11) is 11.7. The second-order valence-corrected chi connectivity index (χ2v) is 9.43. The van der Waals surface area contributed by atoms with Gasteiger partial charge in [-0.2, -0.15) is 0 Å². The minimum atomic E-state index is -1.24. The third kappa shape index (κ3) is 14.7. The molecule has 0 unspecified atom stereocenters.